The Morgan fingerprint density at radius 1 is 1.27 bits per heavy atom. The van der Waals surface area contributed by atoms with Gasteiger partial charge in [0.25, 0.3) is 5.91 Å². The van der Waals surface area contributed by atoms with E-state index in [2.05, 4.69) is 5.32 Å². The monoisotopic (exact) mass is 441 g/mol. The summed E-state index contributed by atoms with van der Waals surface area (Å²) in [5.41, 5.74) is 0.756. The van der Waals surface area contributed by atoms with Gasteiger partial charge in [-0.05, 0) is 31.0 Å². The predicted octanol–water partition coefficient (Wildman–Crippen LogP) is 1.41. The molecule has 0 radical (unpaired) electrons. The molecule has 0 unspecified atom stereocenters. The molecule has 1 N–H and O–H groups in total. The van der Waals surface area contributed by atoms with Gasteiger partial charge in [-0.25, -0.2) is 8.42 Å². The smallest absolute Gasteiger partial charge is 0.257 e. The molecule has 0 fully saturated rings. The Kier molecular flexibility index (Phi) is 7.84. The van der Waals surface area contributed by atoms with Crippen molar-refractivity contribution in [3.63, 3.8) is 0 Å². The van der Waals surface area contributed by atoms with Crippen LogP contribution < -0.4 is 10.1 Å². The van der Waals surface area contributed by atoms with E-state index in [4.69, 9.17) is 9.47 Å². The van der Waals surface area contributed by atoms with Crippen molar-refractivity contribution in [1.82, 2.24) is 9.21 Å². The van der Waals surface area contributed by atoms with E-state index in [1.807, 2.05) is 6.92 Å². The summed E-state index contributed by atoms with van der Waals surface area (Å²) in [6.45, 7) is 5.63. The van der Waals surface area contributed by atoms with Crippen molar-refractivity contribution in [3.05, 3.63) is 23.8 Å². The van der Waals surface area contributed by atoms with Crippen LogP contribution in [0.3, 0.4) is 0 Å². The molecule has 1 aromatic rings. The highest BCUT2D eigenvalue weighted by Crippen LogP contribution is 2.26. The lowest BCUT2D eigenvalue weighted by atomic mass is 10.0. The number of carbonyl (C=O) groups is 2. The van der Waals surface area contributed by atoms with E-state index in [-0.39, 0.29) is 49.1 Å². The van der Waals surface area contributed by atoms with E-state index in [1.54, 1.807) is 39.3 Å². The summed E-state index contributed by atoms with van der Waals surface area (Å²) < 4.78 is 37.6. The molecule has 1 aliphatic heterocycles. The number of methoxy groups -OCH3 is 1. The van der Waals surface area contributed by atoms with Crippen molar-refractivity contribution in [2.75, 3.05) is 45.4 Å². The molecule has 0 aromatic heterocycles. The largest absolute Gasteiger partial charge is 0.491 e. The van der Waals surface area contributed by atoms with Gasteiger partial charge in [0, 0.05) is 39.9 Å². The van der Waals surface area contributed by atoms with Gasteiger partial charge in [0.1, 0.15) is 12.4 Å². The fourth-order valence-electron chi connectivity index (χ4n) is 3.49. The molecule has 1 heterocycles. The average Bonchev–Trinajstić information content (AvgIpc) is 2.65. The first-order chi connectivity index (χ1) is 13.9. The Morgan fingerprint density at radius 2 is 1.93 bits per heavy atom. The van der Waals surface area contributed by atoms with Gasteiger partial charge in [-0.2, -0.15) is 4.31 Å². The standard InChI is InChI=1S/C20H31N3O6S/c1-13-10-23(30(6,26)27)14(2)12-29-18-8-7-16(21-15(3)24)9-17(18)20(25)22(4)11-19(13)28-5/h7-9,13-14,19H,10-12H2,1-6H3,(H,21,24)/t13-,14+,19-/m0/s1. The van der Waals surface area contributed by atoms with Crippen molar-refractivity contribution in [1.29, 1.82) is 0 Å². The lowest BCUT2D eigenvalue weighted by Crippen LogP contribution is -2.48. The van der Waals surface area contributed by atoms with Crippen molar-refractivity contribution >= 4 is 27.5 Å². The number of nitrogens with one attached hydrogen (secondary N) is 1. The van der Waals surface area contributed by atoms with Crippen LogP contribution in [0.5, 0.6) is 5.75 Å². The van der Waals surface area contributed by atoms with Gasteiger partial charge < -0.3 is 19.7 Å². The van der Waals surface area contributed by atoms with E-state index in [0.717, 1.165) is 0 Å². The lowest BCUT2D eigenvalue weighted by molar-refractivity contribution is -0.114. The van der Waals surface area contributed by atoms with Crippen molar-refractivity contribution in [2.24, 2.45) is 5.92 Å². The zero-order valence-corrected chi connectivity index (χ0v) is 19.2. The topological polar surface area (TPSA) is 105 Å². The quantitative estimate of drug-likeness (QED) is 0.760. The molecule has 1 aromatic carbocycles. The van der Waals surface area contributed by atoms with E-state index in [1.165, 1.54) is 22.4 Å². The first kappa shape index (κ1) is 24.1. The van der Waals surface area contributed by atoms with Crippen molar-refractivity contribution < 1.29 is 27.5 Å². The summed E-state index contributed by atoms with van der Waals surface area (Å²) in [5, 5.41) is 2.66. The lowest BCUT2D eigenvalue weighted by Gasteiger charge is -2.34. The number of sulfonamides is 1. The van der Waals surface area contributed by atoms with E-state index >= 15 is 0 Å². The minimum absolute atomic E-state index is 0.0704. The molecule has 2 rings (SSSR count). The second kappa shape index (κ2) is 9.76. The van der Waals surface area contributed by atoms with Crippen LogP contribution in [0.2, 0.25) is 0 Å². The first-order valence-electron chi connectivity index (χ1n) is 9.73. The number of anilines is 1. The molecule has 9 nitrogen and oxygen atoms in total. The van der Waals surface area contributed by atoms with E-state index in [9.17, 15) is 18.0 Å². The molecule has 0 bridgehead atoms. The number of ether oxygens (including phenoxy) is 2. The molecule has 1 aliphatic rings. The van der Waals surface area contributed by atoms with Gasteiger partial charge >= 0.3 is 0 Å². The summed E-state index contributed by atoms with van der Waals surface area (Å²) in [6.07, 6.45) is 0.811. The van der Waals surface area contributed by atoms with Crippen LogP contribution in [0.4, 0.5) is 5.69 Å². The molecule has 0 saturated heterocycles. The molecule has 10 heteroatoms. The summed E-state index contributed by atoms with van der Waals surface area (Å²) in [6, 6.07) is 4.35. The minimum atomic E-state index is -3.48. The van der Waals surface area contributed by atoms with E-state index in [0.29, 0.717) is 11.4 Å². The molecular weight excluding hydrogens is 410 g/mol. The van der Waals surface area contributed by atoms with Crippen LogP contribution >= 0.6 is 0 Å². The fourth-order valence-corrected chi connectivity index (χ4v) is 4.71. The molecule has 2 amide bonds. The van der Waals surface area contributed by atoms with Crippen molar-refractivity contribution in [3.8, 4) is 5.75 Å². The SMILES string of the molecule is CO[C@H]1CN(C)C(=O)c2cc(NC(C)=O)ccc2OC[C@@H](C)N(S(C)(=O)=O)C[C@@H]1C. The molecule has 0 spiro atoms. The van der Waals surface area contributed by atoms with Crippen LogP contribution in [0, 0.1) is 5.92 Å². The number of rotatable bonds is 3. The minimum Gasteiger partial charge on any atom is -0.491 e. The highest BCUT2D eigenvalue weighted by atomic mass is 32.2. The van der Waals surface area contributed by atoms with Crippen LogP contribution in [0.15, 0.2) is 18.2 Å². The maximum atomic E-state index is 13.1. The molecule has 0 saturated carbocycles. The van der Waals surface area contributed by atoms with Gasteiger partial charge in [-0.3, -0.25) is 9.59 Å². The molecule has 3 atom stereocenters. The van der Waals surface area contributed by atoms with E-state index < -0.39 is 16.1 Å². The highest BCUT2D eigenvalue weighted by Gasteiger charge is 2.31. The maximum Gasteiger partial charge on any atom is 0.257 e. The number of hydrogen-bond donors (Lipinski definition) is 1. The zero-order valence-electron chi connectivity index (χ0n) is 18.3. The fraction of sp³-hybridized carbons (Fsp3) is 0.600. The van der Waals surface area contributed by atoms with Crippen LogP contribution in [0.25, 0.3) is 0 Å². The molecular formula is C20H31N3O6S. The number of fused-ring (bicyclic) bond motifs is 1. The second-order valence-electron chi connectivity index (χ2n) is 7.82. The van der Waals surface area contributed by atoms with Crippen molar-refractivity contribution in [2.45, 2.75) is 32.9 Å². The van der Waals surface area contributed by atoms with Gasteiger partial charge in [-0.15, -0.1) is 0 Å². The van der Waals surface area contributed by atoms with Crippen LogP contribution in [-0.2, 0) is 19.6 Å². The van der Waals surface area contributed by atoms with Gasteiger partial charge in [0.05, 0.1) is 24.0 Å². The summed E-state index contributed by atoms with van der Waals surface area (Å²) in [4.78, 5) is 26.1. The number of likely N-dealkylation sites (N-methyl/N-ethyl adjacent to an activating group) is 1. The van der Waals surface area contributed by atoms with Gasteiger partial charge in [0.2, 0.25) is 15.9 Å². The van der Waals surface area contributed by atoms with Gasteiger partial charge in [-0.1, -0.05) is 6.92 Å². The second-order valence-corrected chi connectivity index (χ2v) is 9.76. The number of nitrogens with zero attached hydrogens (tertiary/aromatic N) is 2. The Balaban J connectivity index is 2.50. The third kappa shape index (κ3) is 5.93. The Hall–Kier alpha value is -2.17. The summed E-state index contributed by atoms with van der Waals surface area (Å²) >= 11 is 0. The predicted molar refractivity (Wildman–Crippen MR) is 114 cm³/mol. The molecule has 30 heavy (non-hydrogen) atoms. The number of hydrogen-bond acceptors (Lipinski definition) is 6. The Labute approximate surface area is 178 Å². The Bertz CT molecular complexity index is 889. The third-order valence-electron chi connectivity index (χ3n) is 5.13. The molecule has 168 valence electrons. The Morgan fingerprint density at radius 3 is 2.50 bits per heavy atom. The van der Waals surface area contributed by atoms with Crippen LogP contribution in [0.1, 0.15) is 31.1 Å². The van der Waals surface area contributed by atoms with Crippen LogP contribution in [-0.4, -0.2) is 81.7 Å². The normalized spacial score (nSPS) is 24.3. The number of benzene rings is 1. The average molecular weight is 442 g/mol. The maximum absolute atomic E-state index is 13.1. The highest BCUT2D eigenvalue weighted by molar-refractivity contribution is 7.88. The third-order valence-corrected chi connectivity index (χ3v) is 6.49. The number of carbonyl (C=O) groups excluding carboxylic acids is 2. The molecule has 0 aliphatic carbocycles. The first-order valence-corrected chi connectivity index (χ1v) is 11.6. The number of amides is 2. The zero-order chi connectivity index (χ0) is 22.6. The summed E-state index contributed by atoms with van der Waals surface area (Å²) in [7, 11) is -0.282. The summed E-state index contributed by atoms with van der Waals surface area (Å²) in [5.74, 6) is -0.369. The van der Waals surface area contributed by atoms with Gasteiger partial charge in [0.15, 0.2) is 0 Å².